The number of aromatic nitrogens is 1. The van der Waals surface area contributed by atoms with Gasteiger partial charge in [0.2, 0.25) is 0 Å². The van der Waals surface area contributed by atoms with Crippen molar-refractivity contribution >= 4 is 22.3 Å². The minimum Gasteiger partial charge on any atom is -0.398 e. The molecule has 0 spiro atoms. The predicted octanol–water partition coefficient (Wildman–Crippen LogP) is 2.18. The molecule has 0 saturated heterocycles. The lowest BCUT2D eigenvalue weighted by molar-refractivity contribution is 0.210. The van der Waals surface area contributed by atoms with Gasteiger partial charge in [0.05, 0.1) is 6.61 Å². The van der Waals surface area contributed by atoms with Crippen LogP contribution in [0.4, 0.5) is 11.5 Å². The van der Waals surface area contributed by atoms with Crippen LogP contribution in [0.1, 0.15) is 5.56 Å². The van der Waals surface area contributed by atoms with Crippen LogP contribution in [0, 0.1) is 6.92 Å². The van der Waals surface area contributed by atoms with Crippen molar-refractivity contribution in [1.29, 1.82) is 0 Å². The second kappa shape index (κ2) is 5.01. The van der Waals surface area contributed by atoms with Gasteiger partial charge in [-0.05, 0) is 30.7 Å². The van der Waals surface area contributed by atoms with Gasteiger partial charge in [0.25, 0.3) is 0 Å². The number of benzene rings is 1. The van der Waals surface area contributed by atoms with Gasteiger partial charge in [-0.15, -0.1) is 0 Å². The summed E-state index contributed by atoms with van der Waals surface area (Å²) in [5, 5.41) is 5.34. The lowest BCUT2D eigenvalue weighted by Gasteiger charge is -2.10. The van der Waals surface area contributed by atoms with Gasteiger partial charge in [-0.3, -0.25) is 0 Å². The average Bonchev–Trinajstić information content (AvgIpc) is 2.30. The molecule has 0 unspecified atom stereocenters. The molecule has 0 fully saturated rings. The van der Waals surface area contributed by atoms with E-state index >= 15 is 0 Å². The highest BCUT2D eigenvalue weighted by molar-refractivity contribution is 5.99. The first kappa shape index (κ1) is 11.7. The Bertz CT molecular complexity index is 525. The fourth-order valence-electron chi connectivity index (χ4n) is 1.88. The van der Waals surface area contributed by atoms with Gasteiger partial charge in [0.15, 0.2) is 0 Å². The molecule has 4 heteroatoms. The minimum atomic E-state index is 0.652. The van der Waals surface area contributed by atoms with E-state index in [0.29, 0.717) is 6.61 Å². The van der Waals surface area contributed by atoms with E-state index in [1.165, 1.54) is 0 Å². The number of nitrogen functional groups attached to an aromatic ring is 1. The second-order valence-electron chi connectivity index (χ2n) is 4.03. The third-order valence-corrected chi connectivity index (χ3v) is 2.65. The normalized spacial score (nSPS) is 10.7. The van der Waals surface area contributed by atoms with Gasteiger partial charge in [0, 0.05) is 36.3 Å². The number of fused-ring (bicyclic) bond motifs is 1. The lowest BCUT2D eigenvalue weighted by atomic mass is 10.1. The maximum atomic E-state index is 6.00. The zero-order valence-electron chi connectivity index (χ0n) is 10.2. The first-order valence-corrected chi connectivity index (χ1v) is 5.60. The molecule has 0 bridgehead atoms. The van der Waals surface area contributed by atoms with Crippen LogP contribution in [0.3, 0.4) is 0 Å². The van der Waals surface area contributed by atoms with Crippen LogP contribution < -0.4 is 11.1 Å². The topological polar surface area (TPSA) is 60.2 Å². The molecule has 0 amide bonds. The monoisotopic (exact) mass is 231 g/mol. The summed E-state index contributed by atoms with van der Waals surface area (Å²) in [4.78, 5) is 4.34. The van der Waals surface area contributed by atoms with Crippen molar-refractivity contribution in [2.75, 3.05) is 31.3 Å². The van der Waals surface area contributed by atoms with Gasteiger partial charge >= 0.3 is 0 Å². The number of pyridine rings is 1. The number of aryl methyl sites for hydroxylation is 1. The number of hydrogen-bond donors (Lipinski definition) is 2. The third kappa shape index (κ3) is 2.47. The van der Waals surface area contributed by atoms with Crippen LogP contribution in [0.2, 0.25) is 0 Å². The number of nitrogens with zero attached hydrogens (tertiary/aromatic N) is 1. The van der Waals surface area contributed by atoms with Gasteiger partial charge in [0.1, 0.15) is 5.82 Å². The molecule has 3 N–H and O–H groups in total. The summed E-state index contributed by atoms with van der Waals surface area (Å²) in [5.74, 6) is 0.856. The van der Waals surface area contributed by atoms with Crippen LogP contribution >= 0.6 is 0 Å². The fourth-order valence-corrected chi connectivity index (χ4v) is 1.88. The summed E-state index contributed by atoms with van der Waals surface area (Å²) in [7, 11) is 1.68. The molecule has 17 heavy (non-hydrogen) atoms. The Balaban J connectivity index is 2.42. The maximum Gasteiger partial charge on any atom is 0.133 e. The molecule has 0 atom stereocenters. The summed E-state index contributed by atoms with van der Waals surface area (Å²) in [5.41, 5.74) is 7.93. The molecule has 2 rings (SSSR count). The zero-order valence-corrected chi connectivity index (χ0v) is 10.2. The van der Waals surface area contributed by atoms with Crippen molar-refractivity contribution in [3.05, 3.63) is 30.0 Å². The van der Waals surface area contributed by atoms with Gasteiger partial charge < -0.3 is 15.8 Å². The quantitative estimate of drug-likeness (QED) is 0.625. The Labute approximate surface area is 101 Å². The van der Waals surface area contributed by atoms with E-state index in [2.05, 4.69) is 16.4 Å². The summed E-state index contributed by atoms with van der Waals surface area (Å²) in [6, 6.07) is 6.00. The molecule has 0 aliphatic rings. The molecule has 1 aromatic carbocycles. The molecule has 0 saturated carbocycles. The van der Waals surface area contributed by atoms with E-state index < -0.39 is 0 Å². The summed E-state index contributed by atoms with van der Waals surface area (Å²) in [6.45, 7) is 3.41. The van der Waals surface area contributed by atoms with E-state index in [1.807, 2.05) is 19.1 Å². The zero-order chi connectivity index (χ0) is 12.3. The van der Waals surface area contributed by atoms with Crippen molar-refractivity contribution in [3.8, 4) is 0 Å². The van der Waals surface area contributed by atoms with Crippen molar-refractivity contribution in [2.45, 2.75) is 6.92 Å². The summed E-state index contributed by atoms with van der Waals surface area (Å²) in [6.07, 6.45) is 1.77. The Morgan fingerprint density at radius 3 is 2.94 bits per heavy atom. The fraction of sp³-hybridized carbons (Fsp3) is 0.308. The van der Waals surface area contributed by atoms with Crippen LogP contribution in [0.25, 0.3) is 10.8 Å². The Morgan fingerprint density at radius 1 is 1.35 bits per heavy atom. The van der Waals surface area contributed by atoms with E-state index in [1.54, 1.807) is 13.3 Å². The SMILES string of the molecule is COCCNc1nccc2c(N)cc(C)cc12. The predicted molar refractivity (Wildman–Crippen MR) is 71.3 cm³/mol. The molecule has 1 aromatic heterocycles. The number of hydrogen-bond acceptors (Lipinski definition) is 4. The molecule has 0 radical (unpaired) electrons. The Hall–Kier alpha value is -1.81. The highest BCUT2D eigenvalue weighted by atomic mass is 16.5. The molecule has 4 nitrogen and oxygen atoms in total. The van der Waals surface area contributed by atoms with E-state index in [4.69, 9.17) is 10.5 Å². The van der Waals surface area contributed by atoms with Crippen molar-refractivity contribution in [1.82, 2.24) is 4.98 Å². The third-order valence-electron chi connectivity index (χ3n) is 2.65. The van der Waals surface area contributed by atoms with E-state index in [0.717, 1.165) is 34.4 Å². The van der Waals surface area contributed by atoms with E-state index in [9.17, 15) is 0 Å². The largest absolute Gasteiger partial charge is 0.398 e. The second-order valence-corrected chi connectivity index (χ2v) is 4.03. The molecule has 90 valence electrons. The van der Waals surface area contributed by atoms with Crippen LogP contribution in [-0.4, -0.2) is 25.2 Å². The van der Waals surface area contributed by atoms with Crippen LogP contribution in [0.15, 0.2) is 24.4 Å². The molecule has 1 heterocycles. The Kier molecular flexibility index (Phi) is 3.44. The molecule has 0 aliphatic carbocycles. The van der Waals surface area contributed by atoms with E-state index in [-0.39, 0.29) is 0 Å². The number of ether oxygens (including phenoxy) is 1. The summed E-state index contributed by atoms with van der Waals surface area (Å²) >= 11 is 0. The van der Waals surface area contributed by atoms with Gasteiger partial charge in [-0.2, -0.15) is 0 Å². The number of methoxy groups -OCH3 is 1. The minimum absolute atomic E-state index is 0.652. The highest BCUT2D eigenvalue weighted by Crippen LogP contribution is 2.27. The van der Waals surface area contributed by atoms with Crippen molar-refractivity contribution in [3.63, 3.8) is 0 Å². The number of nitrogens with one attached hydrogen (secondary N) is 1. The van der Waals surface area contributed by atoms with Crippen LogP contribution in [-0.2, 0) is 4.74 Å². The first-order chi connectivity index (χ1) is 8.22. The van der Waals surface area contributed by atoms with Gasteiger partial charge in [-0.25, -0.2) is 4.98 Å². The Morgan fingerprint density at radius 2 is 2.18 bits per heavy atom. The number of rotatable bonds is 4. The first-order valence-electron chi connectivity index (χ1n) is 5.60. The van der Waals surface area contributed by atoms with Gasteiger partial charge in [-0.1, -0.05) is 0 Å². The maximum absolute atomic E-state index is 6.00. The van der Waals surface area contributed by atoms with Crippen LogP contribution in [0.5, 0.6) is 0 Å². The lowest BCUT2D eigenvalue weighted by Crippen LogP contribution is -2.09. The standard InChI is InChI=1S/C13H17N3O/c1-9-7-11-10(12(14)8-9)3-4-15-13(11)16-5-6-17-2/h3-4,7-8H,5-6,14H2,1-2H3,(H,15,16). The summed E-state index contributed by atoms with van der Waals surface area (Å²) < 4.78 is 5.01. The molecule has 0 aliphatic heterocycles. The van der Waals surface area contributed by atoms with Crippen molar-refractivity contribution in [2.24, 2.45) is 0 Å². The smallest absolute Gasteiger partial charge is 0.133 e. The molecular formula is C13H17N3O. The molecular weight excluding hydrogens is 214 g/mol. The molecule has 2 aromatic rings. The number of anilines is 2. The van der Waals surface area contributed by atoms with Crippen molar-refractivity contribution < 1.29 is 4.74 Å². The average molecular weight is 231 g/mol. The number of nitrogens with two attached hydrogens (primary N) is 1. The highest BCUT2D eigenvalue weighted by Gasteiger charge is 2.05.